The van der Waals surface area contributed by atoms with Crippen LogP contribution in [0.5, 0.6) is 0 Å². The highest BCUT2D eigenvalue weighted by Gasteiger charge is 2.38. The van der Waals surface area contributed by atoms with E-state index < -0.39 is 11.9 Å². The molecule has 1 aliphatic carbocycles. The first kappa shape index (κ1) is 12.5. The summed E-state index contributed by atoms with van der Waals surface area (Å²) in [6, 6.07) is -0.123. The van der Waals surface area contributed by atoms with Crippen LogP contribution in [0.3, 0.4) is 0 Å². The molecule has 0 aromatic carbocycles. The molecule has 5 heteroatoms. The molecule has 3 atom stereocenters. The van der Waals surface area contributed by atoms with Crippen LogP contribution in [0, 0.1) is 5.92 Å². The molecule has 0 spiro atoms. The number of rotatable bonds is 3. The van der Waals surface area contributed by atoms with Gasteiger partial charge in [0, 0.05) is 6.04 Å². The van der Waals surface area contributed by atoms with Gasteiger partial charge in [0.1, 0.15) is 0 Å². The summed E-state index contributed by atoms with van der Waals surface area (Å²) in [5.41, 5.74) is 0. The lowest BCUT2D eigenvalue weighted by Gasteiger charge is -2.23. The standard InChI is InChI=1S/C12H17NO3S/c1-12(5-2-6-17-12)11(16)13-9-4-3-8(7-9)10(14)15/h3-4,8-9H,2,5-7H2,1H3,(H,13,16)(H,14,15). The third kappa shape index (κ3) is 2.65. The molecule has 1 heterocycles. The van der Waals surface area contributed by atoms with Crippen molar-refractivity contribution in [2.45, 2.75) is 37.0 Å². The zero-order chi connectivity index (χ0) is 12.5. The fourth-order valence-electron chi connectivity index (χ4n) is 2.27. The van der Waals surface area contributed by atoms with E-state index in [9.17, 15) is 9.59 Å². The van der Waals surface area contributed by atoms with Gasteiger partial charge in [-0.25, -0.2) is 0 Å². The molecule has 0 saturated carbocycles. The number of thioether (sulfide) groups is 1. The predicted molar refractivity (Wildman–Crippen MR) is 66.9 cm³/mol. The average molecular weight is 255 g/mol. The number of hydrogen-bond donors (Lipinski definition) is 2. The minimum Gasteiger partial charge on any atom is -0.481 e. The van der Waals surface area contributed by atoms with Gasteiger partial charge in [0.2, 0.25) is 5.91 Å². The number of carboxylic acid groups (broad SMARTS) is 1. The minimum absolute atomic E-state index is 0.0423. The van der Waals surface area contributed by atoms with Crippen molar-refractivity contribution >= 4 is 23.6 Å². The van der Waals surface area contributed by atoms with Crippen LogP contribution in [0.1, 0.15) is 26.2 Å². The minimum atomic E-state index is -0.820. The summed E-state index contributed by atoms with van der Waals surface area (Å²) < 4.78 is -0.324. The van der Waals surface area contributed by atoms with E-state index in [-0.39, 0.29) is 16.7 Å². The van der Waals surface area contributed by atoms with Crippen molar-refractivity contribution in [3.8, 4) is 0 Å². The van der Waals surface area contributed by atoms with Crippen LogP contribution in [0.4, 0.5) is 0 Å². The normalized spacial score (nSPS) is 36.1. The molecular formula is C12H17NO3S. The van der Waals surface area contributed by atoms with Gasteiger partial charge in [-0.1, -0.05) is 12.2 Å². The zero-order valence-corrected chi connectivity index (χ0v) is 10.6. The topological polar surface area (TPSA) is 66.4 Å². The molecule has 2 rings (SSSR count). The predicted octanol–water partition coefficient (Wildman–Crippen LogP) is 1.42. The summed E-state index contributed by atoms with van der Waals surface area (Å²) in [4.78, 5) is 22.9. The molecule has 1 fully saturated rings. The van der Waals surface area contributed by atoms with Gasteiger partial charge in [-0.2, -0.15) is 0 Å². The lowest BCUT2D eigenvalue weighted by atomic mass is 10.0. The van der Waals surface area contributed by atoms with Gasteiger partial charge in [-0.05, 0) is 31.9 Å². The van der Waals surface area contributed by atoms with Crippen LogP contribution in [-0.4, -0.2) is 33.5 Å². The Balaban J connectivity index is 1.89. The Bertz CT molecular complexity index is 361. The van der Waals surface area contributed by atoms with Gasteiger partial charge in [-0.15, -0.1) is 11.8 Å². The highest BCUT2D eigenvalue weighted by atomic mass is 32.2. The fourth-order valence-corrected chi connectivity index (χ4v) is 3.49. The van der Waals surface area contributed by atoms with E-state index in [1.807, 2.05) is 6.92 Å². The molecule has 1 aliphatic heterocycles. The molecule has 0 radical (unpaired) electrons. The van der Waals surface area contributed by atoms with Crippen molar-refractivity contribution < 1.29 is 14.7 Å². The molecule has 94 valence electrons. The van der Waals surface area contributed by atoms with Gasteiger partial charge < -0.3 is 10.4 Å². The van der Waals surface area contributed by atoms with E-state index in [1.165, 1.54) is 0 Å². The number of carboxylic acids is 1. The maximum Gasteiger partial charge on any atom is 0.310 e. The highest BCUT2D eigenvalue weighted by Crippen LogP contribution is 2.38. The lowest BCUT2D eigenvalue weighted by molar-refractivity contribution is -0.140. The van der Waals surface area contributed by atoms with Gasteiger partial charge in [0.05, 0.1) is 10.7 Å². The Morgan fingerprint density at radius 3 is 2.76 bits per heavy atom. The maximum atomic E-state index is 12.1. The molecule has 2 aliphatic rings. The Hall–Kier alpha value is -0.970. The summed E-state index contributed by atoms with van der Waals surface area (Å²) in [5, 5.41) is 11.8. The molecule has 1 amide bonds. The summed E-state index contributed by atoms with van der Waals surface area (Å²) in [7, 11) is 0. The molecule has 0 bridgehead atoms. The summed E-state index contributed by atoms with van der Waals surface area (Å²) in [6.07, 6.45) is 5.91. The molecule has 17 heavy (non-hydrogen) atoms. The molecule has 4 nitrogen and oxygen atoms in total. The second-order valence-corrected chi connectivity index (χ2v) is 6.43. The Morgan fingerprint density at radius 1 is 1.47 bits per heavy atom. The molecular weight excluding hydrogens is 238 g/mol. The summed E-state index contributed by atoms with van der Waals surface area (Å²) in [5.74, 6) is -0.202. The van der Waals surface area contributed by atoms with E-state index in [0.717, 1.165) is 18.6 Å². The van der Waals surface area contributed by atoms with Crippen LogP contribution < -0.4 is 5.32 Å². The third-order valence-corrected chi connectivity index (χ3v) is 4.94. The van der Waals surface area contributed by atoms with E-state index in [0.29, 0.717) is 6.42 Å². The third-order valence-electron chi connectivity index (χ3n) is 3.42. The maximum absolute atomic E-state index is 12.1. The largest absolute Gasteiger partial charge is 0.481 e. The number of carbonyl (C=O) groups excluding carboxylic acids is 1. The van der Waals surface area contributed by atoms with Crippen LogP contribution in [-0.2, 0) is 9.59 Å². The SMILES string of the molecule is CC1(C(=O)NC2C=CC(C(=O)O)C2)CCCS1. The first-order valence-corrected chi connectivity index (χ1v) is 6.86. The molecule has 3 unspecified atom stereocenters. The average Bonchev–Trinajstić information content (AvgIpc) is 2.88. The van der Waals surface area contributed by atoms with E-state index >= 15 is 0 Å². The van der Waals surface area contributed by atoms with Crippen molar-refractivity contribution in [2.24, 2.45) is 5.92 Å². The summed E-state index contributed by atoms with van der Waals surface area (Å²) in [6.45, 7) is 1.97. The van der Waals surface area contributed by atoms with Gasteiger partial charge in [0.15, 0.2) is 0 Å². The van der Waals surface area contributed by atoms with Crippen molar-refractivity contribution in [1.29, 1.82) is 0 Å². The van der Waals surface area contributed by atoms with E-state index in [1.54, 1.807) is 23.9 Å². The van der Waals surface area contributed by atoms with E-state index in [4.69, 9.17) is 5.11 Å². The van der Waals surface area contributed by atoms with Crippen molar-refractivity contribution in [3.63, 3.8) is 0 Å². The van der Waals surface area contributed by atoms with Gasteiger partial charge in [-0.3, -0.25) is 9.59 Å². The van der Waals surface area contributed by atoms with Gasteiger partial charge >= 0.3 is 5.97 Å². The van der Waals surface area contributed by atoms with Crippen LogP contribution >= 0.6 is 11.8 Å². The van der Waals surface area contributed by atoms with Gasteiger partial charge in [0.25, 0.3) is 0 Å². The fraction of sp³-hybridized carbons (Fsp3) is 0.667. The first-order chi connectivity index (χ1) is 8.01. The number of amides is 1. The monoisotopic (exact) mass is 255 g/mol. The Morgan fingerprint density at radius 2 is 2.24 bits per heavy atom. The number of carbonyl (C=O) groups is 2. The first-order valence-electron chi connectivity index (χ1n) is 5.87. The number of aliphatic carboxylic acids is 1. The molecule has 2 N–H and O–H groups in total. The lowest BCUT2D eigenvalue weighted by Crippen LogP contribution is -2.44. The quantitative estimate of drug-likeness (QED) is 0.748. The molecule has 0 aromatic heterocycles. The van der Waals surface area contributed by atoms with Crippen molar-refractivity contribution in [1.82, 2.24) is 5.32 Å². The molecule has 0 aromatic rings. The van der Waals surface area contributed by atoms with Crippen molar-refractivity contribution in [3.05, 3.63) is 12.2 Å². The van der Waals surface area contributed by atoms with Crippen LogP contribution in [0.15, 0.2) is 12.2 Å². The number of nitrogens with one attached hydrogen (secondary N) is 1. The molecule has 1 saturated heterocycles. The second-order valence-electron chi connectivity index (χ2n) is 4.83. The van der Waals surface area contributed by atoms with Crippen LogP contribution in [0.2, 0.25) is 0 Å². The summed E-state index contributed by atoms with van der Waals surface area (Å²) >= 11 is 1.69. The zero-order valence-electron chi connectivity index (χ0n) is 9.81. The Kier molecular flexibility index (Phi) is 3.47. The Labute approximate surface area is 105 Å². The van der Waals surface area contributed by atoms with Crippen molar-refractivity contribution in [2.75, 3.05) is 5.75 Å². The van der Waals surface area contributed by atoms with Crippen LogP contribution in [0.25, 0.3) is 0 Å². The number of hydrogen-bond acceptors (Lipinski definition) is 3. The second kappa shape index (κ2) is 4.72. The highest BCUT2D eigenvalue weighted by molar-refractivity contribution is 8.01. The van der Waals surface area contributed by atoms with E-state index in [2.05, 4.69) is 5.32 Å². The smallest absolute Gasteiger partial charge is 0.310 e.